The van der Waals surface area contributed by atoms with Crippen molar-refractivity contribution in [1.82, 2.24) is 9.80 Å². The van der Waals surface area contributed by atoms with E-state index >= 15 is 0 Å². The third kappa shape index (κ3) is 6.82. The maximum atomic E-state index is 12.7. The summed E-state index contributed by atoms with van der Waals surface area (Å²) in [5.41, 5.74) is 2.68. The van der Waals surface area contributed by atoms with Crippen LogP contribution in [0.3, 0.4) is 0 Å². The Morgan fingerprint density at radius 2 is 1.90 bits per heavy atom. The lowest BCUT2D eigenvalue weighted by atomic mass is 9.85. The molecule has 2 fully saturated rings. The molecule has 0 aromatic heterocycles. The zero-order valence-corrected chi connectivity index (χ0v) is 18.6. The second-order valence-electron chi connectivity index (χ2n) is 9.02. The van der Waals surface area contributed by atoms with Crippen molar-refractivity contribution in [1.29, 1.82) is 0 Å². The van der Waals surface area contributed by atoms with Crippen molar-refractivity contribution < 1.29 is 9.53 Å². The van der Waals surface area contributed by atoms with Crippen LogP contribution in [-0.2, 0) is 9.53 Å². The van der Waals surface area contributed by atoms with Gasteiger partial charge in [-0.2, -0.15) is 0 Å². The van der Waals surface area contributed by atoms with Crippen LogP contribution in [0, 0.1) is 11.8 Å². The molecule has 0 N–H and O–H groups in total. The smallest absolute Gasteiger partial charge is 0.226 e. The molecule has 162 valence electrons. The number of amides is 1. The van der Waals surface area contributed by atoms with E-state index in [1.807, 2.05) is 0 Å². The molecular formula is C25H40N2O2. The van der Waals surface area contributed by atoms with Crippen LogP contribution in [0.15, 0.2) is 35.5 Å². The quantitative estimate of drug-likeness (QED) is 0.463. The summed E-state index contributed by atoms with van der Waals surface area (Å²) in [5.74, 6) is 1.30. The third-order valence-corrected chi connectivity index (χ3v) is 6.81. The van der Waals surface area contributed by atoms with Gasteiger partial charge in [0.1, 0.15) is 0 Å². The van der Waals surface area contributed by atoms with Crippen LogP contribution >= 0.6 is 0 Å². The Morgan fingerprint density at radius 1 is 1.14 bits per heavy atom. The predicted molar refractivity (Wildman–Crippen MR) is 120 cm³/mol. The molecule has 0 radical (unpaired) electrons. The number of likely N-dealkylation sites (tertiary alicyclic amines) is 2. The summed E-state index contributed by atoms with van der Waals surface area (Å²) in [5, 5.41) is 0. The predicted octanol–water partition coefficient (Wildman–Crippen LogP) is 4.59. The van der Waals surface area contributed by atoms with Crippen LogP contribution in [0.4, 0.5) is 0 Å². The molecule has 1 aliphatic carbocycles. The topological polar surface area (TPSA) is 32.8 Å². The maximum absolute atomic E-state index is 12.7. The first-order valence-electron chi connectivity index (χ1n) is 11.7. The Kier molecular flexibility index (Phi) is 9.00. The first-order chi connectivity index (χ1) is 14.2. The lowest BCUT2D eigenvalue weighted by Crippen LogP contribution is -2.40. The van der Waals surface area contributed by atoms with Gasteiger partial charge < -0.3 is 14.5 Å². The van der Waals surface area contributed by atoms with Crippen molar-refractivity contribution in [2.24, 2.45) is 11.8 Å². The van der Waals surface area contributed by atoms with E-state index in [0.29, 0.717) is 12.5 Å². The molecule has 1 unspecified atom stereocenters. The van der Waals surface area contributed by atoms with E-state index in [0.717, 1.165) is 44.9 Å². The average Bonchev–Trinajstić information content (AvgIpc) is 2.78. The van der Waals surface area contributed by atoms with Gasteiger partial charge in [-0.3, -0.25) is 4.79 Å². The molecule has 0 aromatic carbocycles. The normalized spacial score (nSPS) is 25.4. The van der Waals surface area contributed by atoms with Gasteiger partial charge in [-0.15, -0.1) is 0 Å². The lowest BCUT2D eigenvalue weighted by molar-refractivity contribution is -0.136. The minimum absolute atomic E-state index is 0.191. The molecule has 3 rings (SSSR count). The molecule has 2 saturated heterocycles. The molecule has 0 spiro atoms. The van der Waals surface area contributed by atoms with Crippen LogP contribution in [-0.4, -0.2) is 62.1 Å². The summed E-state index contributed by atoms with van der Waals surface area (Å²) in [6, 6.07) is 0. The molecule has 0 bridgehead atoms. The van der Waals surface area contributed by atoms with Crippen molar-refractivity contribution >= 4 is 5.91 Å². The molecule has 0 saturated carbocycles. The fourth-order valence-electron chi connectivity index (χ4n) is 4.79. The van der Waals surface area contributed by atoms with Crippen molar-refractivity contribution in [3.63, 3.8) is 0 Å². The molecule has 4 nitrogen and oxygen atoms in total. The second-order valence-corrected chi connectivity index (χ2v) is 9.02. The Labute approximate surface area is 177 Å². The minimum atomic E-state index is 0.191. The molecule has 2 aliphatic heterocycles. The number of allylic oxidation sites excluding steroid dienone is 5. The number of ether oxygens (including phenoxy) is 1. The molecule has 4 heteroatoms. The van der Waals surface area contributed by atoms with Crippen molar-refractivity contribution in [2.45, 2.75) is 58.3 Å². The highest BCUT2D eigenvalue weighted by Crippen LogP contribution is 2.30. The standard InChI is InChI=1S/C25H40N2O2/c1-3-22(8-7-19-29-20-21-13-17-26(2)18-14-21)23-9-11-24(12-10-23)25(28)27-15-5-4-6-16-27/h3,7-9,21,24H,4-6,10-20H2,1-2H3/b8-7-,22-3+. The SMILES string of the molecule is C/C=C(\C=C/COCC1CCN(C)CC1)C1=CCC(C(=O)N2CCCCC2)CC1. The second kappa shape index (κ2) is 11.7. The van der Waals surface area contributed by atoms with Gasteiger partial charge in [-0.1, -0.05) is 24.3 Å². The van der Waals surface area contributed by atoms with E-state index in [2.05, 4.69) is 48.1 Å². The fourth-order valence-corrected chi connectivity index (χ4v) is 4.79. The van der Waals surface area contributed by atoms with Gasteiger partial charge in [0.05, 0.1) is 6.61 Å². The summed E-state index contributed by atoms with van der Waals surface area (Å²) < 4.78 is 5.90. The molecule has 2 heterocycles. The Balaban J connectivity index is 1.40. The maximum Gasteiger partial charge on any atom is 0.226 e. The molecule has 1 atom stereocenters. The van der Waals surface area contributed by atoms with E-state index in [9.17, 15) is 4.79 Å². The molecule has 1 amide bonds. The highest BCUT2D eigenvalue weighted by atomic mass is 16.5. The van der Waals surface area contributed by atoms with Crippen LogP contribution in [0.5, 0.6) is 0 Å². The van der Waals surface area contributed by atoms with E-state index in [1.165, 1.54) is 56.3 Å². The first kappa shape index (κ1) is 22.3. The summed E-state index contributed by atoms with van der Waals surface area (Å²) in [6.07, 6.45) is 17.8. The largest absolute Gasteiger partial charge is 0.377 e. The number of carbonyl (C=O) groups is 1. The highest BCUT2D eigenvalue weighted by Gasteiger charge is 2.27. The number of piperidine rings is 2. The minimum Gasteiger partial charge on any atom is -0.377 e. The van der Waals surface area contributed by atoms with Crippen molar-refractivity contribution in [3.05, 3.63) is 35.5 Å². The Morgan fingerprint density at radius 3 is 2.55 bits per heavy atom. The van der Waals surface area contributed by atoms with Crippen molar-refractivity contribution in [3.8, 4) is 0 Å². The molecular weight excluding hydrogens is 360 g/mol. The van der Waals surface area contributed by atoms with Crippen LogP contribution in [0.25, 0.3) is 0 Å². The number of hydrogen-bond donors (Lipinski definition) is 0. The lowest BCUT2D eigenvalue weighted by Gasteiger charge is -2.31. The van der Waals surface area contributed by atoms with Crippen LogP contribution < -0.4 is 0 Å². The van der Waals surface area contributed by atoms with E-state index in [4.69, 9.17) is 4.74 Å². The molecule has 0 aromatic rings. The highest BCUT2D eigenvalue weighted by molar-refractivity contribution is 5.79. The van der Waals surface area contributed by atoms with Gasteiger partial charge in [0.15, 0.2) is 0 Å². The summed E-state index contributed by atoms with van der Waals surface area (Å²) in [6.45, 7) is 7.99. The average molecular weight is 401 g/mol. The Bertz CT molecular complexity index is 608. The zero-order chi connectivity index (χ0) is 20.5. The van der Waals surface area contributed by atoms with Gasteiger partial charge in [0, 0.05) is 25.6 Å². The van der Waals surface area contributed by atoms with E-state index < -0.39 is 0 Å². The first-order valence-corrected chi connectivity index (χ1v) is 11.7. The number of nitrogens with zero attached hydrogens (tertiary/aromatic N) is 2. The van der Waals surface area contributed by atoms with Crippen LogP contribution in [0.2, 0.25) is 0 Å². The van der Waals surface area contributed by atoms with Gasteiger partial charge in [-0.25, -0.2) is 0 Å². The van der Waals surface area contributed by atoms with Gasteiger partial charge in [0.2, 0.25) is 5.91 Å². The number of rotatable bonds is 7. The zero-order valence-electron chi connectivity index (χ0n) is 18.6. The summed E-state index contributed by atoms with van der Waals surface area (Å²) in [4.78, 5) is 17.2. The van der Waals surface area contributed by atoms with Crippen molar-refractivity contribution in [2.75, 3.05) is 46.4 Å². The monoisotopic (exact) mass is 400 g/mol. The number of hydrogen-bond acceptors (Lipinski definition) is 3. The van der Waals surface area contributed by atoms with E-state index in [-0.39, 0.29) is 5.92 Å². The Hall–Kier alpha value is -1.39. The number of carbonyl (C=O) groups excluding carboxylic acids is 1. The van der Waals surface area contributed by atoms with Gasteiger partial charge >= 0.3 is 0 Å². The van der Waals surface area contributed by atoms with Gasteiger partial charge in [-0.05, 0) is 95.5 Å². The molecule has 3 aliphatic rings. The van der Waals surface area contributed by atoms with E-state index in [1.54, 1.807) is 0 Å². The third-order valence-electron chi connectivity index (χ3n) is 6.81. The summed E-state index contributed by atoms with van der Waals surface area (Å²) in [7, 11) is 2.20. The van der Waals surface area contributed by atoms with Crippen LogP contribution in [0.1, 0.15) is 58.3 Å². The fraction of sp³-hybridized carbons (Fsp3) is 0.720. The van der Waals surface area contributed by atoms with Gasteiger partial charge in [0.25, 0.3) is 0 Å². The summed E-state index contributed by atoms with van der Waals surface area (Å²) >= 11 is 0. The molecule has 29 heavy (non-hydrogen) atoms.